The third-order valence-electron chi connectivity index (χ3n) is 5.31. The smallest absolute Gasteiger partial charge is 0.227 e. The Morgan fingerprint density at radius 2 is 2.06 bits per heavy atom. The predicted octanol–water partition coefficient (Wildman–Crippen LogP) is 2.80. The molecule has 3 aromatic heterocycles. The number of anilines is 1. The lowest BCUT2D eigenvalue weighted by Gasteiger charge is -2.25. The standard InChI is InChI=1S/C21H24FN7OS/c1-21(2,17-13(22)5-3-8-25-17)29-20-27-9-12(10-28-20)19-26-11-15(31-19)16(18(23)30)14-6-4-7-24-14/h3,5,8-11,14,16,24H,4,6-7H2,1-2H3,(H2,23,30)(H,27,28,29)/t14-,16?/m0/s1. The van der Waals surface area contributed by atoms with E-state index in [9.17, 15) is 9.18 Å². The van der Waals surface area contributed by atoms with Crippen molar-refractivity contribution < 1.29 is 9.18 Å². The van der Waals surface area contributed by atoms with Crippen molar-refractivity contribution in [3.05, 3.63) is 53.3 Å². The molecule has 0 aliphatic carbocycles. The average molecular weight is 442 g/mol. The Morgan fingerprint density at radius 3 is 2.71 bits per heavy atom. The molecule has 2 atom stereocenters. The van der Waals surface area contributed by atoms with Crippen LogP contribution >= 0.6 is 11.3 Å². The van der Waals surface area contributed by atoms with E-state index in [0.717, 1.165) is 29.8 Å². The van der Waals surface area contributed by atoms with E-state index in [1.807, 2.05) is 13.8 Å². The first kappa shape index (κ1) is 21.3. The fourth-order valence-electron chi connectivity index (χ4n) is 3.78. The predicted molar refractivity (Wildman–Crippen MR) is 117 cm³/mol. The van der Waals surface area contributed by atoms with Crippen LogP contribution in [0, 0.1) is 5.82 Å². The first-order valence-corrected chi connectivity index (χ1v) is 10.9. The number of carbonyl (C=O) groups is 1. The minimum atomic E-state index is -0.801. The number of nitrogens with zero attached hydrogens (tertiary/aromatic N) is 4. The van der Waals surface area contributed by atoms with Crippen LogP contribution in [-0.2, 0) is 10.3 Å². The van der Waals surface area contributed by atoms with Gasteiger partial charge in [-0.25, -0.2) is 19.3 Å². The lowest BCUT2D eigenvalue weighted by molar-refractivity contribution is -0.119. The van der Waals surface area contributed by atoms with E-state index in [0.29, 0.717) is 11.0 Å². The number of amides is 1. The number of pyridine rings is 1. The van der Waals surface area contributed by atoms with Gasteiger partial charge in [0.15, 0.2) is 0 Å². The Hall–Kier alpha value is -2.98. The number of thiazole rings is 1. The van der Waals surface area contributed by atoms with Crippen LogP contribution in [0.5, 0.6) is 0 Å². The topological polar surface area (TPSA) is 119 Å². The van der Waals surface area contributed by atoms with Gasteiger partial charge in [0.2, 0.25) is 11.9 Å². The van der Waals surface area contributed by atoms with Crippen LogP contribution in [0.3, 0.4) is 0 Å². The van der Waals surface area contributed by atoms with Crippen LogP contribution in [0.1, 0.15) is 43.2 Å². The second-order valence-electron chi connectivity index (χ2n) is 8.03. The largest absolute Gasteiger partial charge is 0.369 e. The van der Waals surface area contributed by atoms with Crippen molar-refractivity contribution in [3.63, 3.8) is 0 Å². The van der Waals surface area contributed by atoms with Crippen molar-refractivity contribution in [2.75, 3.05) is 11.9 Å². The Morgan fingerprint density at radius 1 is 1.29 bits per heavy atom. The Labute approximate surface area is 183 Å². The third-order valence-corrected chi connectivity index (χ3v) is 6.44. The molecule has 10 heteroatoms. The number of carbonyl (C=O) groups excluding carboxylic acids is 1. The number of nitrogens with two attached hydrogens (primary N) is 1. The van der Waals surface area contributed by atoms with Gasteiger partial charge in [-0.15, -0.1) is 11.3 Å². The monoisotopic (exact) mass is 441 g/mol. The van der Waals surface area contributed by atoms with E-state index in [1.165, 1.54) is 17.4 Å². The molecule has 0 spiro atoms. The highest BCUT2D eigenvalue weighted by molar-refractivity contribution is 7.15. The summed E-state index contributed by atoms with van der Waals surface area (Å²) >= 11 is 1.42. The molecule has 0 saturated carbocycles. The molecule has 31 heavy (non-hydrogen) atoms. The lowest BCUT2D eigenvalue weighted by Crippen LogP contribution is -2.36. The van der Waals surface area contributed by atoms with E-state index >= 15 is 0 Å². The van der Waals surface area contributed by atoms with Gasteiger partial charge >= 0.3 is 0 Å². The molecule has 0 radical (unpaired) electrons. The summed E-state index contributed by atoms with van der Waals surface area (Å²) in [5.74, 6) is -0.799. The molecular formula is C21H24FN7OS. The zero-order valence-corrected chi connectivity index (χ0v) is 18.1. The number of hydrogen-bond donors (Lipinski definition) is 3. The average Bonchev–Trinajstić information content (AvgIpc) is 3.41. The minimum absolute atomic E-state index is 0.0443. The van der Waals surface area contributed by atoms with Gasteiger partial charge in [-0.1, -0.05) is 0 Å². The first-order chi connectivity index (χ1) is 14.8. The van der Waals surface area contributed by atoms with Crippen LogP contribution < -0.4 is 16.4 Å². The summed E-state index contributed by atoms with van der Waals surface area (Å²) in [4.78, 5) is 30.2. The van der Waals surface area contributed by atoms with Crippen molar-refractivity contribution in [2.24, 2.45) is 5.73 Å². The zero-order chi connectivity index (χ0) is 22.0. The second-order valence-corrected chi connectivity index (χ2v) is 9.09. The van der Waals surface area contributed by atoms with Gasteiger partial charge in [0.1, 0.15) is 16.5 Å². The maximum Gasteiger partial charge on any atom is 0.227 e. The Balaban J connectivity index is 1.51. The summed E-state index contributed by atoms with van der Waals surface area (Å²) in [5, 5.41) is 7.17. The first-order valence-electron chi connectivity index (χ1n) is 10.0. The quantitative estimate of drug-likeness (QED) is 0.516. The molecule has 162 valence electrons. The number of aromatic nitrogens is 4. The van der Waals surface area contributed by atoms with Crippen LogP contribution in [-0.4, -0.2) is 38.4 Å². The molecule has 4 heterocycles. The summed E-state index contributed by atoms with van der Waals surface area (Å²) in [7, 11) is 0. The van der Waals surface area contributed by atoms with E-state index < -0.39 is 17.3 Å². The summed E-state index contributed by atoms with van der Waals surface area (Å²) in [6.07, 6.45) is 8.49. The second kappa shape index (κ2) is 8.64. The molecule has 1 amide bonds. The molecule has 1 aliphatic rings. The minimum Gasteiger partial charge on any atom is -0.369 e. The fraction of sp³-hybridized carbons (Fsp3) is 0.381. The van der Waals surface area contributed by atoms with Gasteiger partial charge in [-0.2, -0.15) is 0 Å². The fourth-order valence-corrected chi connectivity index (χ4v) is 4.85. The normalized spacial score (nSPS) is 17.5. The Kier molecular flexibility index (Phi) is 5.92. The molecule has 1 fully saturated rings. The Bertz CT molecular complexity index is 1060. The lowest BCUT2D eigenvalue weighted by atomic mass is 9.96. The zero-order valence-electron chi connectivity index (χ0n) is 17.3. The van der Waals surface area contributed by atoms with Crippen LogP contribution in [0.4, 0.5) is 10.3 Å². The highest BCUT2D eigenvalue weighted by atomic mass is 32.1. The van der Waals surface area contributed by atoms with Crippen LogP contribution in [0.15, 0.2) is 36.9 Å². The molecule has 1 saturated heterocycles. The van der Waals surface area contributed by atoms with Gasteiger partial charge in [0.05, 0.1) is 11.5 Å². The summed E-state index contributed by atoms with van der Waals surface area (Å²) in [6, 6.07) is 2.97. The number of halogens is 1. The molecule has 0 aromatic carbocycles. The van der Waals surface area contributed by atoms with Gasteiger partial charge in [0.25, 0.3) is 0 Å². The van der Waals surface area contributed by atoms with E-state index in [2.05, 4.69) is 30.6 Å². The van der Waals surface area contributed by atoms with Crippen molar-refractivity contribution >= 4 is 23.2 Å². The maximum atomic E-state index is 14.1. The SMILES string of the molecule is CC(C)(Nc1ncc(-c2ncc(C(C(N)=O)[C@@H]3CCCN3)s2)cn1)c1ncccc1F. The van der Waals surface area contributed by atoms with Crippen molar-refractivity contribution in [2.45, 2.75) is 44.2 Å². The van der Waals surface area contributed by atoms with Gasteiger partial charge in [0, 0.05) is 41.3 Å². The number of nitrogens with one attached hydrogen (secondary N) is 2. The van der Waals surface area contributed by atoms with E-state index in [1.54, 1.807) is 30.9 Å². The van der Waals surface area contributed by atoms with Gasteiger partial charge in [-0.3, -0.25) is 9.78 Å². The third kappa shape index (κ3) is 4.54. The summed E-state index contributed by atoms with van der Waals surface area (Å²) < 4.78 is 14.1. The molecule has 0 bridgehead atoms. The summed E-state index contributed by atoms with van der Waals surface area (Å²) in [6.45, 7) is 4.51. The molecule has 8 nitrogen and oxygen atoms in total. The molecule has 1 unspecified atom stereocenters. The molecule has 3 aromatic rings. The molecule has 1 aliphatic heterocycles. The summed E-state index contributed by atoms with van der Waals surface area (Å²) in [5.41, 5.74) is 5.88. The molecule has 4 rings (SSSR count). The van der Waals surface area contributed by atoms with Gasteiger partial charge < -0.3 is 16.4 Å². The van der Waals surface area contributed by atoms with Gasteiger partial charge in [-0.05, 0) is 45.4 Å². The highest BCUT2D eigenvalue weighted by Gasteiger charge is 2.32. The van der Waals surface area contributed by atoms with Crippen LogP contribution in [0.2, 0.25) is 0 Å². The molecular weight excluding hydrogens is 417 g/mol. The van der Waals surface area contributed by atoms with Crippen molar-refractivity contribution in [1.29, 1.82) is 0 Å². The van der Waals surface area contributed by atoms with E-state index in [-0.39, 0.29) is 17.6 Å². The van der Waals surface area contributed by atoms with Crippen molar-refractivity contribution in [1.82, 2.24) is 25.3 Å². The number of primary amides is 1. The highest BCUT2D eigenvalue weighted by Crippen LogP contribution is 2.33. The number of hydrogen-bond acceptors (Lipinski definition) is 8. The molecule has 4 N–H and O–H groups in total. The van der Waals surface area contributed by atoms with Crippen LogP contribution in [0.25, 0.3) is 10.6 Å². The number of rotatable bonds is 7. The van der Waals surface area contributed by atoms with E-state index in [4.69, 9.17) is 5.73 Å². The van der Waals surface area contributed by atoms with Crippen molar-refractivity contribution in [3.8, 4) is 10.6 Å². The maximum absolute atomic E-state index is 14.1.